The third kappa shape index (κ3) is 4.22. The quantitative estimate of drug-likeness (QED) is 0.902. The maximum absolute atomic E-state index is 13.4. The van der Waals surface area contributed by atoms with Crippen LogP contribution in [0.15, 0.2) is 48.5 Å². The van der Waals surface area contributed by atoms with E-state index in [1.807, 2.05) is 6.07 Å². The first-order valence-corrected chi connectivity index (χ1v) is 7.61. The zero-order valence-electron chi connectivity index (χ0n) is 12.9. The summed E-state index contributed by atoms with van der Waals surface area (Å²) >= 11 is 0. The summed E-state index contributed by atoms with van der Waals surface area (Å²) in [6.07, 6.45) is 0. The highest BCUT2D eigenvalue weighted by molar-refractivity contribution is 5.85. The van der Waals surface area contributed by atoms with Crippen molar-refractivity contribution < 1.29 is 9.50 Å². The highest BCUT2D eigenvalue weighted by atomic mass is 35.5. The Morgan fingerprint density at radius 2 is 1.87 bits per heavy atom. The summed E-state index contributed by atoms with van der Waals surface area (Å²) in [7, 11) is 0. The van der Waals surface area contributed by atoms with Crippen LogP contribution < -0.4 is 5.73 Å². The van der Waals surface area contributed by atoms with E-state index in [4.69, 9.17) is 5.73 Å². The van der Waals surface area contributed by atoms with Crippen molar-refractivity contribution in [2.75, 3.05) is 19.6 Å². The van der Waals surface area contributed by atoms with Crippen LogP contribution >= 0.6 is 12.4 Å². The zero-order chi connectivity index (χ0) is 15.5. The first-order valence-electron chi connectivity index (χ1n) is 7.61. The minimum absolute atomic E-state index is 0. The molecule has 1 heterocycles. The van der Waals surface area contributed by atoms with Crippen LogP contribution in [0.3, 0.4) is 0 Å². The van der Waals surface area contributed by atoms with Gasteiger partial charge in [0.2, 0.25) is 0 Å². The number of nitrogens with zero attached hydrogens (tertiary/aromatic N) is 1. The van der Waals surface area contributed by atoms with Gasteiger partial charge >= 0.3 is 0 Å². The Balaban J connectivity index is 0.00000192. The molecule has 2 aromatic rings. The van der Waals surface area contributed by atoms with Crippen LogP contribution in [-0.2, 0) is 6.54 Å². The average molecular weight is 337 g/mol. The van der Waals surface area contributed by atoms with Gasteiger partial charge < -0.3 is 10.8 Å². The molecule has 0 bridgehead atoms. The molecule has 2 atom stereocenters. The number of halogens is 2. The first-order chi connectivity index (χ1) is 10.7. The fourth-order valence-corrected chi connectivity index (χ4v) is 3.39. The van der Waals surface area contributed by atoms with E-state index in [1.165, 1.54) is 11.6 Å². The summed E-state index contributed by atoms with van der Waals surface area (Å²) in [4.78, 5) is 2.28. The molecule has 1 saturated heterocycles. The van der Waals surface area contributed by atoms with E-state index in [9.17, 15) is 9.50 Å². The topological polar surface area (TPSA) is 49.5 Å². The maximum Gasteiger partial charge on any atom is 0.127 e. The molecule has 23 heavy (non-hydrogen) atoms. The normalized spacial score (nSPS) is 21.1. The zero-order valence-corrected chi connectivity index (χ0v) is 13.7. The van der Waals surface area contributed by atoms with E-state index in [2.05, 4.69) is 29.2 Å². The summed E-state index contributed by atoms with van der Waals surface area (Å²) in [6.45, 7) is 3.08. The second-order valence-corrected chi connectivity index (χ2v) is 6.02. The number of rotatable bonds is 4. The third-order valence-corrected chi connectivity index (χ3v) is 4.40. The van der Waals surface area contributed by atoms with Crippen molar-refractivity contribution >= 4 is 12.4 Å². The Morgan fingerprint density at radius 1 is 1.13 bits per heavy atom. The Labute approximate surface area is 142 Å². The van der Waals surface area contributed by atoms with Crippen LogP contribution in [0.5, 0.6) is 5.75 Å². The summed E-state index contributed by atoms with van der Waals surface area (Å²) in [5, 5.41) is 9.52. The summed E-state index contributed by atoms with van der Waals surface area (Å²) in [5.41, 5.74) is 8.04. The van der Waals surface area contributed by atoms with Crippen molar-refractivity contribution in [3.8, 4) is 5.75 Å². The Hall–Kier alpha value is -1.62. The van der Waals surface area contributed by atoms with Crippen molar-refractivity contribution in [3.63, 3.8) is 0 Å². The number of phenols is 1. The van der Waals surface area contributed by atoms with Gasteiger partial charge in [-0.15, -0.1) is 12.4 Å². The molecule has 0 saturated carbocycles. The van der Waals surface area contributed by atoms with E-state index >= 15 is 0 Å². The van der Waals surface area contributed by atoms with Crippen LogP contribution in [0.1, 0.15) is 17.0 Å². The van der Waals surface area contributed by atoms with Gasteiger partial charge in [-0.05, 0) is 35.7 Å². The molecule has 1 fully saturated rings. The Kier molecular flexibility index (Phi) is 5.99. The van der Waals surface area contributed by atoms with Gasteiger partial charge in [-0.3, -0.25) is 4.90 Å². The minimum Gasteiger partial charge on any atom is -0.508 e. The molecular weight excluding hydrogens is 315 g/mol. The van der Waals surface area contributed by atoms with Gasteiger partial charge in [0.05, 0.1) is 0 Å². The summed E-state index contributed by atoms with van der Waals surface area (Å²) < 4.78 is 13.4. The Bertz CT molecular complexity index is 618. The minimum atomic E-state index is -0.399. The lowest BCUT2D eigenvalue weighted by atomic mass is 9.89. The Morgan fingerprint density at radius 3 is 2.52 bits per heavy atom. The van der Waals surface area contributed by atoms with Crippen molar-refractivity contribution in [2.45, 2.75) is 12.5 Å². The molecule has 124 valence electrons. The molecule has 0 unspecified atom stereocenters. The lowest BCUT2D eigenvalue weighted by Crippen LogP contribution is -2.23. The lowest BCUT2D eigenvalue weighted by Gasteiger charge is -2.17. The predicted octanol–water partition coefficient (Wildman–Crippen LogP) is 3.13. The molecule has 5 heteroatoms. The molecular formula is C18H22ClFN2O. The molecule has 0 aliphatic carbocycles. The summed E-state index contributed by atoms with van der Waals surface area (Å²) in [5.74, 6) is 0.395. The van der Waals surface area contributed by atoms with E-state index in [0.29, 0.717) is 24.9 Å². The molecule has 0 spiro atoms. The number of phenolic OH excluding ortho intramolecular Hbond substituents is 1. The molecule has 3 nitrogen and oxygen atoms in total. The van der Waals surface area contributed by atoms with Crippen LogP contribution in [0.2, 0.25) is 0 Å². The predicted molar refractivity (Wildman–Crippen MR) is 92.3 cm³/mol. The number of likely N-dealkylation sites (tertiary alicyclic amines) is 1. The largest absolute Gasteiger partial charge is 0.508 e. The number of benzene rings is 2. The third-order valence-electron chi connectivity index (χ3n) is 4.40. The van der Waals surface area contributed by atoms with Crippen molar-refractivity contribution in [3.05, 3.63) is 65.5 Å². The van der Waals surface area contributed by atoms with Crippen LogP contribution in [0.4, 0.5) is 4.39 Å². The van der Waals surface area contributed by atoms with Crippen LogP contribution in [0.25, 0.3) is 0 Å². The van der Waals surface area contributed by atoms with Crippen molar-refractivity contribution in [1.29, 1.82) is 0 Å². The van der Waals surface area contributed by atoms with Crippen molar-refractivity contribution in [1.82, 2.24) is 4.90 Å². The highest BCUT2D eigenvalue weighted by Crippen LogP contribution is 2.33. The molecule has 1 aliphatic rings. The number of aromatic hydroxyl groups is 1. The van der Waals surface area contributed by atoms with Gasteiger partial charge in [0.1, 0.15) is 11.6 Å². The molecule has 1 aliphatic heterocycles. The lowest BCUT2D eigenvalue weighted by molar-refractivity contribution is 0.315. The van der Waals surface area contributed by atoms with E-state index in [1.54, 1.807) is 6.07 Å². The number of nitrogens with two attached hydrogens (primary N) is 1. The maximum atomic E-state index is 13.4. The van der Waals surface area contributed by atoms with Crippen LogP contribution in [0, 0.1) is 11.7 Å². The molecule has 3 rings (SSSR count). The van der Waals surface area contributed by atoms with Gasteiger partial charge in [-0.1, -0.05) is 30.3 Å². The monoisotopic (exact) mass is 336 g/mol. The average Bonchev–Trinajstić information content (AvgIpc) is 2.90. The van der Waals surface area contributed by atoms with E-state index in [0.717, 1.165) is 24.7 Å². The molecule has 3 N–H and O–H groups in total. The smallest absolute Gasteiger partial charge is 0.127 e. The van der Waals surface area contributed by atoms with Gasteiger partial charge in [0.25, 0.3) is 0 Å². The molecule has 0 radical (unpaired) electrons. The van der Waals surface area contributed by atoms with Gasteiger partial charge in [0.15, 0.2) is 0 Å². The standard InChI is InChI=1S/C18H21FN2O.ClH/c19-16-6-13(7-17(22)8-16)10-21-11-15(9-20)18(12-21)14-4-2-1-3-5-14;/h1-8,15,18,22H,9-12,20H2;1H/t15-,18+;/m1./s1. The fourth-order valence-electron chi connectivity index (χ4n) is 3.39. The number of hydrogen-bond donors (Lipinski definition) is 2. The van der Waals surface area contributed by atoms with E-state index < -0.39 is 5.82 Å². The molecule has 0 amide bonds. The molecule has 0 aromatic heterocycles. The second-order valence-electron chi connectivity index (χ2n) is 6.02. The second kappa shape index (κ2) is 7.77. The van der Waals surface area contributed by atoms with Crippen molar-refractivity contribution in [2.24, 2.45) is 11.7 Å². The van der Waals surface area contributed by atoms with Gasteiger partial charge in [-0.2, -0.15) is 0 Å². The van der Waals surface area contributed by atoms with Crippen LogP contribution in [-0.4, -0.2) is 29.6 Å². The SMILES string of the molecule is Cl.NC[C@@H]1CN(Cc2cc(O)cc(F)c2)C[C@H]1c1ccccc1. The first kappa shape index (κ1) is 17.7. The van der Waals surface area contributed by atoms with Gasteiger partial charge in [0, 0.05) is 31.6 Å². The van der Waals surface area contributed by atoms with E-state index in [-0.39, 0.29) is 18.2 Å². The van der Waals surface area contributed by atoms with Gasteiger partial charge in [-0.25, -0.2) is 4.39 Å². The molecule has 2 aromatic carbocycles. The number of hydrogen-bond acceptors (Lipinski definition) is 3. The highest BCUT2D eigenvalue weighted by Gasteiger charge is 2.32. The fraction of sp³-hybridized carbons (Fsp3) is 0.333. The summed E-state index contributed by atoms with van der Waals surface area (Å²) in [6, 6.07) is 14.6.